The molecule has 0 aliphatic heterocycles. The summed E-state index contributed by atoms with van der Waals surface area (Å²) in [6.45, 7) is 2.29. The molecule has 0 saturated heterocycles. The molecule has 1 rings (SSSR count). The topological polar surface area (TPSA) is 17.1 Å². The normalized spacial score (nSPS) is 15.3. The molecule has 0 aromatic rings. The Labute approximate surface area is 171 Å². The van der Waals surface area contributed by atoms with Gasteiger partial charge in [0.2, 0.25) is 0 Å². The van der Waals surface area contributed by atoms with Gasteiger partial charge in [0.05, 0.1) is 0 Å². The van der Waals surface area contributed by atoms with Crippen LogP contribution in [0.4, 0.5) is 0 Å². The molecule has 0 spiro atoms. The minimum absolute atomic E-state index is 0.430. The summed E-state index contributed by atoms with van der Waals surface area (Å²) in [5, 5.41) is 0. The van der Waals surface area contributed by atoms with E-state index in [0.29, 0.717) is 11.7 Å². The molecular weight excluding hydrogens is 328 g/mol. The van der Waals surface area contributed by atoms with Crippen LogP contribution < -0.4 is 0 Å². The Morgan fingerprint density at radius 2 is 0.926 bits per heavy atom. The van der Waals surface area contributed by atoms with E-state index in [4.69, 9.17) is 0 Å². The highest BCUT2D eigenvalue weighted by Gasteiger charge is 2.19. The quantitative estimate of drug-likeness (QED) is 0.205. The molecule has 0 unspecified atom stereocenters. The Morgan fingerprint density at radius 3 is 1.33 bits per heavy atom. The number of carbonyl (C=O) groups is 1. The zero-order valence-corrected chi connectivity index (χ0v) is 18.7. The van der Waals surface area contributed by atoms with E-state index in [9.17, 15) is 4.79 Å². The molecule has 27 heavy (non-hydrogen) atoms. The first-order chi connectivity index (χ1) is 13.3. The fourth-order valence-electron chi connectivity index (χ4n) is 4.65. The van der Waals surface area contributed by atoms with E-state index < -0.39 is 0 Å². The number of rotatable bonds is 19. The molecule has 0 amide bonds. The number of hydrogen-bond donors (Lipinski definition) is 0. The Hall–Kier alpha value is -0.330. The van der Waals surface area contributed by atoms with Crippen LogP contribution in [0, 0.1) is 5.92 Å². The monoisotopic (exact) mass is 378 g/mol. The molecule has 0 radical (unpaired) electrons. The molecule has 1 fully saturated rings. The second kappa shape index (κ2) is 19.0. The highest BCUT2D eigenvalue weighted by atomic mass is 16.1. The van der Waals surface area contributed by atoms with E-state index in [0.717, 1.165) is 12.8 Å². The standard InChI is InChI=1S/C26H50O/c1-2-3-4-5-6-7-8-9-10-11-12-13-14-15-16-17-21-24-26(27)25-22-19-18-20-23-25/h25H,2-24H2,1H3. The van der Waals surface area contributed by atoms with E-state index in [1.807, 2.05) is 0 Å². The first-order valence-corrected chi connectivity index (χ1v) is 12.9. The first-order valence-electron chi connectivity index (χ1n) is 12.9. The lowest BCUT2D eigenvalue weighted by Crippen LogP contribution is -2.17. The third-order valence-corrected chi connectivity index (χ3v) is 6.59. The number of Topliss-reactive ketones (excluding diaryl/α,β-unsaturated/α-hetero) is 1. The molecule has 1 saturated carbocycles. The van der Waals surface area contributed by atoms with Gasteiger partial charge in [0.15, 0.2) is 0 Å². The van der Waals surface area contributed by atoms with Gasteiger partial charge in [0.1, 0.15) is 5.78 Å². The second-order valence-electron chi connectivity index (χ2n) is 9.21. The fraction of sp³-hybridized carbons (Fsp3) is 0.962. The molecule has 1 nitrogen and oxygen atoms in total. The number of carbonyl (C=O) groups excluding carboxylic acids is 1. The minimum Gasteiger partial charge on any atom is -0.299 e. The molecular formula is C26H50O. The zero-order valence-electron chi connectivity index (χ0n) is 18.7. The van der Waals surface area contributed by atoms with Crippen LogP contribution in [0.1, 0.15) is 155 Å². The minimum atomic E-state index is 0.430. The summed E-state index contributed by atoms with van der Waals surface area (Å²) < 4.78 is 0. The molecule has 0 aromatic carbocycles. The van der Waals surface area contributed by atoms with Crippen molar-refractivity contribution in [3.63, 3.8) is 0 Å². The van der Waals surface area contributed by atoms with Gasteiger partial charge in [0, 0.05) is 12.3 Å². The Balaban J connectivity index is 1.71. The van der Waals surface area contributed by atoms with Crippen molar-refractivity contribution in [1.82, 2.24) is 0 Å². The van der Waals surface area contributed by atoms with Crippen LogP contribution in [0.3, 0.4) is 0 Å². The summed E-state index contributed by atoms with van der Waals surface area (Å²) in [4.78, 5) is 12.2. The van der Waals surface area contributed by atoms with E-state index in [2.05, 4.69) is 6.92 Å². The third-order valence-electron chi connectivity index (χ3n) is 6.59. The van der Waals surface area contributed by atoms with Gasteiger partial charge in [-0.3, -0.25) is 4.79 Å². The summed E-state index contributed by atoms with van der Waals surface area (Å²) >= 11 is 0. The van der Waals surface area contributed by atoms with Crippen molar-refractivity contribution < 1.29 is 4.79 Å². The lowest BCUT2D eigenvalue weighted by Gasteiger charge is -2.20. The molecule has 1 heteroatoms. The van der Waals surface area contributed by atoms with Crippen molar-refractivity contribution >= 4 is 5.78 Å². The zero-order chi connectivity index (χ0) is 19.4. The average Bonchev–Trinajstić information content (AvgIpc) is 2.70. The highest BCUT2D eigenvalue weighted by Crippen LogP contribution is 2.26. The van der Waals surface area contributed by atoms with Crippen molar-refractivity contribution in [2.75, 3.05) is 0 Å². The molecule has 1 aliphatic carbocycles. The van der Waals surface area contributed by atoms with Crippen LogP contribution in [0.25, 0.3) is 0 Å². The summed E-state index contributed by atoms with van der Waals surface area (Å²) in [6, 6.07) is 0. The maximum Gasteiger partial charge on any atom is 0.135 e. The summed E-state index contributed by atoms with van der Waals surface area (Å²) in [7, 11) is 0. The van der Waals surface area contributed by atoms with Crippen molar-refractivity contribution in [1.29, 1.82) is 0 Å². The largest absolute Gasteiger partial charge is 0.299 e. The van der Waals surface area contributed by atoms with Crippen LogP contribution >= 0.6 is 0 Å². The number of ketones is 1. The first kappa shape index (κ1) is 24.7. The van der Waals surface area contributed by atoms with Crippen LogP contribution in [0.15, 0.2) is 0 Å². The van der Waals surface area contributed by atoms with Crippen molar-refractivity contribution in [3.05, 3.63) is 0 Å². The predicted molar refractivity (Wildman–Crippen MR) is 120 cm³/mol. The molecule has 0 bridgehead atoms. The SMILES string of the molecule is CCCCCCCCCCCCCCCCCCCC(=O)C1CCCCC1. The molecule has 0 heterocycles. The maximum absolute atomic E-state index is 12.2. The van der Waals surface area contributed by atoms with E-state index >= 15 is 0 Å². The van der Waals surface area contributed by atoms with Gasteiger partial charge < -0.3 is 0 Å². The van der Waals surface area contributed by atoms with Gasteiger partial charge in [0.25, 0.3) is 0 Å². The smallest absolute Gasteiger partial charge is 0.135 e. The highest BCUT2D eigenvalue weighted by molar-refractivity contribution is 5.80. The molecule has 160 valence electrons. The van der Waals surface area contributed by atoms with Gasteiger partial charge in [-0.1, -0.05) is 129 Å². The molecule has 0 atom stereocenters. The average molecular weight is 379 g/mol. The fourth-order valence-corrected chi connectivity index (χ4v) is 4.65. The van der Waals surface area contributed by atoms with Crippen molar-refractivity contribution in [3.8, 4) is 0 Å². The molecule has 0 aromatic heterocycles. The summed E-state index contributed by atoms with van der Waals surface area (Å²) in [6.07, 6.45) is 31.0. The number of hydrogen-bond acceptors (Lipinski definition) is 1. The van der Waals surface area contributed by atoms with Gasteiger partial charge in [-0.15, -0.1) is 0 Å². The predicted octanol–water partition coefficient (Wildman–Crippen LogP) is 9.18. The Kier molecular flexibility index (Phi) is 17.4. The lowest BCUT2D eigenvalue weighted by atomic mass is 9.84. The van der Waals surface area contributed by atoms with Gasteiger partial charge in [-0.2, -0.15) is 0 Å². The van der Waals surface area contributed by atoms with Crippen LogP contribution in [0.5, 0.6) is 0 Å². The summed E-state index contributed by atoms with van der Waals surface area (Å²) in [5.41, 5.74) is 0. The number of unbranched alkanes of at least 4 members (excludes halogenated alkanes) is 16. The van der Waals surface area contributed by atoms with Crippen LogP contribution in [-0.2, 0) is 4.79 Å². The summed E-state index contributed by atoms with van der Waals surface area (Å²) in [5.74, 6) is 1.01. The van der Waals surface area contributed by atoms with Crippen molar-refractivity contribution in [2.45, 2.75) is 155 Å². The van der Waals surface area contributed by atoms with Gasteiger partial charge in [-0.05, 0) is 19.3 Å². The van der Waals surface area contributed by atoms with E-state index in [1.54, 1.807) is 0 Å². The van der Waals surface area contributed by atoms with Gasteiger partial charge in [-0.25, -0.2) is 0 Å². The second-order valence-corrected chi connectivity index (χ2v) is 9.21. The van der Waals surface area contributed by atoms with E-state index in [-0.39, 0.29) is 0 Å². The molecule has 1 aliphatic rings. The Morgan fingerprint density at radius 1 is 0.556 bits per heavy atom. The van der Waals surface area contributed by atoms with Crippen LogP contribution in [0.2, 0.25) is 0 Å². The maximum atomic E-state index is 12.2. The third kappa shape index (κ3) is 15.3. The lowest BCUT2D eigenvalue weighted by molar-refractivity contribution is -0.123. The van der Waals surface area contributed by atoms with Crippen molar-refractivity contribution in [2.24, 2.45) is 5.92 Å². The van der Waals surface area contributed by atoms with Crippen LogP contribution in [-0.4, -0.2) is 5.78 Å². The van der Waals surface area contributed by atoms with Gasteiger partial charge >= 0.3 is 0 Å². The van der Waals surface area contributed by atoms with E-state index in [1.165, 1.54) is 135 Å². The Bertz CT molecular complexity index is 316. The molecule has 0 N–H and O–H groups in total.